The summed E-state index contributed by atoms with van der Waals surface area (Å²) in [6.45, 7) is 4.73. The van der Waals surface area contributed by atoms with Gasteiger partial charge in [0.15, 0.2) is 0 Å². The Hall–Kier alpha value is -2.89. The molecule has 0 saturated carbocycles. The van der Waals surface area contributed by atoms with E-state index in [-0.39, 0.29) is 18.8 Å². The summed E-state index contributed by atoms with van der Waals surface area (Å²) in [6.07, 6.45) is 4.90. The van der Waals surface area contributed by atoms with E-state index in [1.54, 1.807) is 44.9 Å². The Bertz CT molecular complexity index is 1220. The van der Waals surface area contributed by atoms with Crippen molar-refractivity contribution in [1.29, 1.82) is 0 Å². The predicted octanol–water partition coefficient (Wildman–Crippen LogP) is 2.01. The average Bonchev–Trinajstić information content (AvgIpc) is 3.07. The van der Waals surface area contributed by atoms with Gasteiger partial charge in [0.05, 0.1) is 23.7 Å². The number of hydrogen-bond acceptors (Lipinski definition) is 7. The first kappa shape index (κ1) is 22.8. The second kappa shape index (κ2) is 8.33. The van der Waals surface area contributed by atoms with Gasteiger partial charge in [0.25, 0.3) is 0 Å². The molecule has 0 amide bonds. The molecular weight excluding hydrogens is 423 g/mol. The largest absolute Gasteiger partial charge is 0.390 e. The van der Waals surface area contributed by atoms with Crippen LogP contribution in [0.25, 0.3) is 22.5 Å². The fourth-order valence-electron chi connectivity index (χ4n) is 2.99. The molecule has 0 fully saturated rings. The van der Waals surface area contributed by atoms with Crippen LogP contribution in [-0.2, 0) is 17.1 Å². The third-order valence-electron chi connectivity index (χ3n) is 4.65. The molecule has 4 N–H and O–H groups in total. The Labute approximate surface area is 180 Å². The molecule has 11 heteroatoms. The van der Waals surface area contributed by atoms with Crippen LogP contribution >= 0.6 is 0 Å². The van der Waals surface area contributed by atoms with E-state index in [4.69, 9.17) is 5.73 Å². The summed E-state index contributed by atoms with van der Waals surface area (Å²) in [4.78, 5) is 8.18. The van der Waals surface area contributed by atoms with Gasteiger partial charge in [0.2, 0.25) is 10.0 Å². The summed E-state index contributed by atoms with van der Waals surface area (Å²) in [5.74, 6) is -0.689. The highest BCUT2D eigenvalue weighted by Crippen LogP contribution is 2.30. The Morgan fingerprint density at radius 1 is 1.29 bits per heavy atom. The maximum atomic E-state index is 14.6. The van der Waals surface area contributed by atoms with Gasteiger partial charge in [-0.15, -0.1) is 0 Å². The van der Waals surface area contributed by atoms with Crippen molar-refractivity contribution >= 4 is 15.8 Å². The number of nitrogens with zero attached hydrogens (tertiary/aromatic N) is 4. The SMILES string of the molecule is Cc1cc(F)c(S(=O)(=O)NCCC(C)(C)O)cc1-c1cnc(N)c(-c2cnn(C)c2)n1. The maximum absolute atomic E-state index is 14.6. The number of nitrogens with two attached hydrogens (primary N) is 1. The molecule has 0 aliphatic carbocycles. The standard InChI is InChI=1S/C20H25FN6O3S/c1-12-7-15(21)17(31(29,30)25-6-5-20(2,3)28)8-14(12)16-10-23-19(22)18(26-16)13-9-24-27(4)11-13/h7-11,25,28H,5-6H2,1-4H3,(H2,22,23). The zero-order valence-corrected chi connectivity index (χ0v) is 18.5. The lowest BCUT2D eigenvalue weighted by molar-refractivity contribution is 0.0728. The number of nitrogens with one attached hydrogen (secondary N) is 1. The summed E-state index contributed by atoms with van der Waals surface area (Å²) in [7, 11) is -2.40. The van der Waals surface area contributed by atoms with Gasteiger partial charge in [-0.05, 0) is 44.9 Å². The second-order valence-electron chi connectivity index (χ2n) is 7.95. The summed E-state index contributed by atoms with van der Waals surface area (Å²) in [5.41, 5.74) is 7.19. The van der Waals surface area contributed by atoms with Crippen LogP contribution in [0.5, 0.6) is 0 Å². The first-order valence-corrected chi connectivity index (χ1v) is 11.0. The number of halogens is 1. The van der Waals surface area contributed by atoms with Gasteiger partial charge in [0, 0.05) is 30.9 Å². The first-order chi connectivity index (χ1) is 14.4. The van der Waals surface area contributed by atoms with E-state index in [0.717, 1.165) is 6.07 Å². The first-order valence-electron chi connectivity index (χ1n) is 9.51. The molecule has 0 aliphatic rings. The topological polar surface area (TPSA) is 136 Å². The lowest BCUT2D eigenvalue weighted by Gasteiger charge is -2.17. The van der Waals surface area contributed by atoms with Crippen molar-refractivity contribution in [2.24, 2.45) is 7.05 Å². The van der Waals surface area contributed by atoms with E-state index in [1.807, 2.05) is 0 Å². The molecule has 0 saturated heterocycles. The van der Waals surface area contributed by atoms with Crippen LogP contribution in [0.15, 0.2) is 35.6 Å². The van der Waals surface area contributed by atoms with E-state index < -0.39 is 26.3 Å². The number of aromatic nitrogens is 4. The van der Waals surface area contributed by atoms with E-state index in [9.17, 15) is 17.9 Å². The van der Waals surface area contributed by atoms with E-state index in [2.05, 4.69) is 19.8 Å². The molecule has 0 radical (unpaired) electrons. The minimum absolute atomic E-state index is 0.0404. The molecule has 3 rings (SSSR count). The fraction of sp³-hybridized carbons (Fsp3) is 0.350. The number of hydrogen-bond donors (Lipinski definition) is 3. The van der Waals surface area contributed by atoms with E-state index >= 15 is 0 Å². The van der Waals surface area contributed by atoms with Crippen molar-refractivity contribution in [1.82, 2.24) is 24.5 Å². The third kappa shape index (κ3) is 5.24. The molecule has 0 bridgehead atoms. The lowest BCUT2D eigenvalue weighted by atomic mass is 10.1. The minimum Gasteiger partial charge on any atom is -0.390 e. The highest BCUT2D eigenvalue weighted by atomic mass is 32.2. The molecule has 2 aromatic heterocycles. The van der Waals surface area contributed by atoms with Gasteiger partial charge in [-0.25, -0.2) is 27.5 Å². The number of aliphatic hydroxyl groups is 1. The Kier molecular flexibility index (Phi) is 6.12. The van der Waals surface area contributed by atoms with Gasteiger partial charge < -0.3 is 10.8 Å². The number of rotatable bonds is 7. The molecule has 3 aromatic rings. The summed E-state index contributed by atoms with van der Waals surface area (Å²) >= 11 is 0. The van der Waals surface area contributed by atoms with E-state index in [0.29, 0.717) is 28.1 Å². The minimum atomic E-state index is -4.15. The molecular formula is C20H25FN6O3S. The van der Waals surface area contributed by atoms with Crippen LogP contribution in [-0.4, -0.2) is 45.4 Å². The molecule has 2 heterocycles. The monoisotopic (exact) mass is 448 g/mol. The van der Waals surface area contributed by atoms with Gasteiger partial charge in [-0.1, -0.05) is 0 Å². The molecule has 1 aromatic carbocycles. The lowest BCUT2D eigenvalue weighted by Crippen LogP contribution is -2.31. The van der Waals surface area contributed by atoms with Crippen molar-refractivity contribution in [3.05, 3.63) is 42.1 Å². The number of anilines is 1. The molecule has 9 nitrogen and oxygen atoms in total. The molecule has 166 valence electrons. The van der Waals surface area contributed by atoms with Crippen molar-refractivity contribution in [3.8, 4) is 22.5 Å². The molecule has 31 heavy (non-hydrogen) atoms. The van der Waals surface area contributed by atoms with Gasteiger partial charge in [-0.3, -0.25) is 4.68 Å². The van der Waals surface area contributed by atoms with Crippen LogP contribution in [0.3, 0.4) is 0 Å². The zero-order valence-electron chi connectivity index (χ0n) is 17.7. The third-order valence-corrected chi connectivity index (χ3v) is 6.13. The quantitative estimate of drug-likeness (QED) is 0.503. The predicted molar refractivity (Wildman–Crippen MR) is 115 cm³/mol. The van der Waals surface area contributed by atoms with Gasteiger partial charge in [0.1, 0.15) is 22.2 Å². The van der Waals surface area contributed by atoms with Crippen molar-refractivity contribution in [2.75, 3.05) is 12.3 Å². The smallest absolute Gasteiger partial charge is 0.243 e. The molecule has 0 aliphatic heterocycles. The van der Waals surface area contributed by atoms with Crippen LogP contribution in [0.2, 0.25) is 0 Å². The van der Waals surface area contributed by atoms with Crippen LogP contribution < -0.4 is 10.5 Å². The summed E-state index contributed by atoms with van der Waals surface area (Å²) < 4.78 is 43.9. The van der Waals surface area contributed by atoms with Crippen molar-refractivity contribution in [3.63, 3.8) is 0 Å². The second-order valence-corrected chi connectivity index (χ2v) is 9.68. The number of sulfonamides is 1. The van der Waals surface area contributed by atoms with Gasteiger partial charge in [-0.2, -0.15) is 5.10 Å². The highest BCUT2D eigenvalue weighted by molar-refractivity contribution is 7.89. The van der Waals surface area contributed by atoms with Gasteiger partial charge >= 0.3 is 0 Å². The van der Waals surface area contributed by atoms with Crippen LogP contribution in [0, 0.1) is 12.7 Å². The average molecular weight is 449 g/mol. The number of aryl methyl sites for hydroxylation is 2. The molecule has 0 unspecified atom stereocenters. The Morgan fingerprint density at radius 3 is 2.61 bits per heavy atom. The number of nitrogen functional groups attached to an aromatic ring is 1. The van der Waals surface area contributed by atoms with Crippen molar-refractivity contribution in [2.45, 2.75) is 37.7 Å². The normalized spacial score (nSPS) is 12.3. The zero-order chi connectivity index (χ0) is 23.0. The fourth-order valence-corrected chi connectivity index (χ4v) is 4.10. The van der Waals surface area contributed by atoms with E-state index in [1.165, 1.54) is 12.3 Å². The van der Waals surface area contributed by atoms with Crippen LogP contribution in [0.4, 0.5) is 10.2 Å². The maximum Gasteiger partial charge on any atom is 0.243 e. The summed E-state index contributed by atoms with van der Waals surface area (Å²) in [5, 5.41) is 13.9. The molecule has 0 atom stereocenters. The Morgan fingerprint density at radius 2 is 2.00 bits per heavy atom. The summed E-state index contributed by atoms with van der Waals surface area (Å²) in [6, 6.07) is 2.37. The Balaban J connectivity index is 2.02. The van der Waals surface area contributed by atoms with Crippen LogP contribution in [0.1, 0.15) is 25.8 Å². The number of benzene rings is 1. The molecule has 0 spiro atoms. The van der Waals surface area contributed by atoms with Crippen molar-refractivity contribution < 1.29 is 17.9 Å². The highest BCUT2D eigenvalue weighted by Gasteiger charge is 2.23.